The molecule has 2 atom stereocenters. The van der Waals surface area contributed by atoms with Gasteiger partial charge in [-0.15, -0.1) is 0 Å². The Labute approximate surface area is 183 Å². The number of nitrogens with zero attached hydrogens (tertiary/aromatic N) is 2. The molecule has 0 bridgehead atoms. The summed E-state index contributed by atoms with van der Waals surface area (Å²) >= 11 is 1.64. The van der Waals surface area contributed by atoms with E-state index < -0.39 is 22.0 Å². The second-order valence-corrected chi connectivity index (χ2v) is 10.8. The molecule has 1 N–H and O–H groups in total. The highest BCUT2D eigenvalue weighted by Gasteiger charge is 2.35. The minimum Gasteiger partial charge on any atom is -0.344 e. The van der Waals surface area contributed by atoms with Gasteiger partial charge in [0.25, 0.3) is 0 Å². The number of carbonyl (C=O) groups excluding carboxylic acids is 2. The Hall–Kier alpha value is -1.58. The van der Waals surface area contributed by atoms with Gasteiger partial charge in [0.2, 0.25) is 21.8 Å². The molecule has 9 heteroatoms. The van der Waals surface area contributed by atoms with Crippen molar-refractivity contribution < 1.29 is 18.0 Å². The minimum atomic E-state index is -3.63. The molecule has 0 spiro atoms. The Morgan fingerprint density at radius 1 is 1.13 bits per heavy atom. The van der Waals surface area contributed by atoms with Crippen molar-refractivity contribution in [2.75, 3.05) is 38.2 Å². The normalized spacial score (nSPS) is 21.4. The van der Waals surface area contributed by atoms with Crippen LogP contribution < -0.4 is 5.32 Å². The van der Waals surface area contributed by atoms with Crippen molar-refractivity contribution in [3.8, 4) is 0 Å². The summed E-state index contributed by atoms with van der Waals surface area (Å²) in [6.07, 6.45) is 5.82. The quantitative estimate of drug-likeness (QED) is 0.650. The first-order valence-corrected chi connectivity index (χ1v) is 13.4. The molecule has 2 aliphatic rings. The minimum absolute atomic E-state index is 0.0144. The number of carbonyl (C=O) groups is 2. The molecule has 1 unspecified atom stereocenters. The lowest BCUT2D eigenvalue weighted by atomic mass is 9.98. The van der Waals surface area contributed by atoms with Crippen molar-refractivity contribution in [3.05, 3.63) is 30.3 Å². The second-order valence-electron chi connectivity index (χ2n) is 7.89. The van der Waals surface area contributed by atoms with Gasteiger partial charge in [-0.2, -0.15) is 16.1 Å². The number of rotatable bonds is 8. The average molecular weight is 454 g/mol. The fourth-order valence-corrected chi connectivity index (χ4v) is 6.07. The van der Waals surface area contributed by atoms with Gasteiger partial charge in [-0.25, -0.2) is 8.42 Å². The number of nitrogens with one attached hydrogen (secondary N) is 1. The summed E-state index contributed by atoms with van der Waals surface area (Å²) < 4.78 is 27.3. The fourth-order valence-electron chi connectivity index (χ4n) is 4.06. The van der Waals surface area contributed by atoms with Gasteiger partial charge in [0.1, 0.15) is 6.04 Å². The SMILES string of the molecule is CSCC[C@@H](NC(=O)C1CCCN(S(=O)(=O)c2ccccc2)C1)C(=O)N1CCCC1. The molecule has 30 heavy (non-hydrogen) atoms. The Kier molecular flexibility index (Phi) is 8.19. The summed E-state index contributed by atoms with van der Waals surface area (Å²) in [6.45, 7) is 2.05. The van der Waals surface area contributed by atoms with Crippen molar-refractivity contribution in [1.29, 1.82) is 0 Å². The van der Waals surface area contributed by atoms with Gasteiger partial charge in [-0.05, 0) is 56.2 Å². The third kappa shape index (κ3) is 5.56. The van der Waals surface area contributed by atoms with Crippen LogP contribution in [0.15, 0.2) is 35.2 Å². The number of thioether (sulfide) groups is 1. The van der Waals surface area contributed by atoms with Gasteiger partial charge < -0.3 is 10.2 Å². The van der Waals surface area contributed by atoms with Crippen LogP contribution in [0.3, 0.4) is 0 Å². The summed E-state index contributed by atoms with van der Waals surface area (Å²) in [4.78, 5) is 27.9. The van der Waals surface area contributed by atoms with Crippen LogP contribution in [0.1, 0.15) is 32.1 Å². The number of hydrogen-bond donors (Lipinski definition) is 1. The Morgan fingerprint density at radius 3 is 2.50 bits per heavy atom. The number of benzene rings is 1. The Bertz CT molecular complexity index is 826. The standard InChI is InChI=1S/C21H31N3O4S2/c1-29-15-11-19(21(26)23-12-5-6-13-23)22-20(25)17-8-7-14-24(16-17)30(27,28)18-9-3-2-4-10-18/h2-4,9-10,17,19H,5-8,11-16H2,1H3,(H,22,25)/t17?,19-/m1/s1. The van der Waals surface area contributed by atoms with E-state index in [1.807, 2.05) is 11.2 Å². The third-order valence-electron chi connectivity index (χ3n) is 5.78. The number of piperidine rings is 1. The van der Waals surface area contributed by atoms with E-state index in [1.54, 1.807) is 42.1 Å². The van der Waals surface area contributed by atoms with Crippen molar-refractivity contribution in [2.24, 2.45) is 5.92 Å². The molecule has 0 saturated carbocycles. The highest BCUT2D eigenvalue weighted by molar-refractivity contribution is 7.98. The van der Waals surface area contributed by atoms with Gasteiger partial charge in [0, 0.05) is 26.2 Å². The summed E-state index contributed by atoms with van der Waals surface area (Å²) in [5, 5.41) is 2.95. The van der Waals surface area contributed by atoms with Gasteiger partial charge in [-0.1, -0.05) is 18.2 Å². The van der Waals surface area contributed by atoms with Crippen LogP contribution in [0.4, 0.5) is 0 Å². The maximum absolute atomic E-state index is 13.0. The van der Waals surface area contributed by atoms with Crippen molar-refractivity contribution in [3.63, 3.8) is 0 Å². The summed E-state index contributed by atoms with van der Waals surface area (Å²) in [7, 11) is -3.63. The van der Waals surface area contributed by atoms with Gasteiger partial charge in [-0.3, -0.25) is 9.59 Å². The summed E-state index contributed by atoms with van der Waals surface area (Å²) in [5.74, 6) is 0.102. The lowest BCUT2D eigenvalue weighted by molar-refractivity contribution is -0.137. The maximum Gasteiger partial charge on any atom is 0.245 e. The van der Waals surface area contributed by atoms with Gasteiger partial charge in [0.15, 0.2) is 0 Å². The smallest absolute Gasteiger partial charge is 0.245 e. The Morgan fingerprint density at radius 2 is 1.83 bits per heavy atom. The molecule has 2 fully saturated rings. The molecule has 2 amide bonds. The van der Waals surface area contributed by atoms with Crippen LogP contribution in [0.25, 0.3) is 0 Å². The molecule has 7 nitrogen and oxygen atoms in total. The molecule has 166 valence electrons. The van der Waals surface area contributed by atoms with E-state index >= 15 is 0 Å². The predicted octanol–water partition coefficient (Wildman–Crippen LogP) is 1.95. The number of likely N-dealkylation sites (tertiary alicyclic amines) is 1. The Balaban J connectivity index is 1.66. The molecule has 0 aliphatic carbocycles. The molecular weight excluding hydrogens is 422 g/mol. The van der Waals surface area contributed by atoms with E-state index in [2.05, 4.69) is 5.32 Å². The highest BCUT2D eigenvalue weighted by atomic mass is 32.2. The average Bonchev–Trinajstić information content (AvgIpc) is 3.31. The first-order chi connectivity index (χ1) is 14.4. The second kappa shape index (κ2) is 10.6. The zero-order valence-electron chi connectivity index (χ0n) is 17.5. The largest absolute Gasteiger partial charge is 0.344 e. The molecular formula is C21H31N3O4S2. The van der Waals surface area contributed by atoms with E-state index in [-0.39, 0.29) is 23.3 Å². The van der Waals surface area contributed by atoms with E-state index in [4.69, 9.17) is 0 Å². The number of amides is 2. The zero-order valence-corrected chi connectivity index (χ0v) is 19.1. The van der Waals surface area contributed by atoms with E-state index in [0.717, 1.165) is 31.7 Å². The summed E-state index contributed by atoms with van der Waals surface area (Å²) in [6, 6.07) is 7.78. The van der Waals surface area contributed by atoms with Crippen molar-refractivity contribution >= 4 is 33.6 Å². The monoisotopic (exact) mass is 453 g/mol. The number of hydrogen-bond acceptors (Lipinski definition) is 5. The van der Waals surface area contributed by atoms with Crippen LogP contribution in [0.2, 0.25) is 0 Å². The van der Waals surface area contributed by atoms with E-state index in [0.29, 0.717) is 25.8 Å². The first kappa shape index (κ1) is 23.1. The molecule has 2 heterocycles. The van der Waals surface area contributed by atoms with Crippen molar-refractivity contribution in [1.82, 2.24) is 14.5 Å². The zero-order chi connectivity index (χ0) is 21.6. The van der Waals surface area contributed by atoms with E-state index in [1.165, 1.54) is 4.31 Å². The van der Waals surface area contributed by atoms with Crippen LogP contribution in [0, 0.1) is 5.92 Å². The van der Waals surface area contributed by atoms with Gasteiger partial charge >= 0.3 is 0 Å². The van der Waals surface area contributed by atoms with Crippen molar-refractivity contribution in [2.45, 2.75) is 43.0 Å². The molecule has 1 aromatic rings. The predicted molar refractivity (Wildman–Crippen MR) is 119 cm³/mol. The summed E-state index contributed by atoms with van der Waals surface area (Å²) in [5.41, 5.74) is 0. The van der Waals surface area contributed by atoms with Crippen LogP contribution in [0.5, 0.6) is 0 Å². The van der Waals surface area contributed by atoms with Crippen LogP contribution >= 0.6 is 11.8 Å². The lowest BCUT2D eigenvalue weighted by Crippen LogP contribution is -2.52. The molecule has 2 saturated heterocycles. The van der Waals surface area contributed by atoms with E-state index in [9.17, 15) is 18.0 Å². The highest BCUT2D eigenvalue weighted by Crippen LogP contribution is 2.24. The lowest BCUT2D eigenvalue weighted by Gasteiger charge is -2.32. The molecule has 0 radical (unpaired) electrons. The van der Waals surface area contributed by atoms with Gasteiger partial charge in [0.05, 0.1) is 10.8 Å². The third-order valence-corrected chi connectivity index (χ3v) is 8.30. The maximum atomic E-state index is 13.0. The molecule has 3 rings (SSSR count). The van der Waals surface area contributed by atoms with Crippen LogP contribution in [-0.4, -0.2) is 73.7 Å². The number of sulfonamides is 1. The molecule has 1 aromatic carbocycles. The first-order valence-electron chi connectivity index (χ1n) is 10.6. The van der Waals surface area contributed by atoms with Crippen LogP contribution in [-0.2, 0) is 19.6 Å². The fraction of sp³-hybridized carbons (Fsp3) is 0.619. The molecule has 2 aliphatic heterocycles. The topological polar surface area (TPSA) is 86.8 Å². The molecule has 0 aromatic heterocycles.